The molecule has 0 bridgehead atoms. The second-order valence-electron chi connectivity index (χ2n) is 9.54. The van der Waals surface area contributed by atoms with Crippen molar-refractivity contribution in [3.8, 4) is 0 Å². The van der Waals surface area contributed by atoms with Crippen molar-refractivity contribution in [2.45, 2.75) is 65.5 Å². The summed E-state index contributed by atoms with van der Waals surface area (Å²) in [5, 5.41) is 2.34. The van der Waals surface area contributed by atoms with Crippen LogP contribution in [0.4, 0.5) is 0 Å². The fraction of sp³-hybridized carbons (Fsp3) is 0.400. The summed E-state index contributed by atoms with van der Waals surface area (Å²) in [6, 6.07) is 16.0. The summed E-state index contributed by atoms with van der Waals surface area (Å²) >= 11 is 6.12. The molecule has 0 aliphatic carbocycles. The van der Waals surface area contributed by atoms with Crippen LogP contribution in [0.3, 0.4) is 0 Å². The van der Waals surface area contributed by atoms with Crippen molar-refractivity contribution in [1.29, 1.82) is 0 Å². The second-order valence-corrected chi connectivity index (χ2v) is 10.0. The number of halogens is 1. The molecule has 3 aromatic rings. The molecule has 0 saturated carbocycles. The Morgan fingerprint density at radius 3 is 2.58 bits per heavy atom. The van der Waals surface area contributed by atoms with Gasteiger partial charge in [-0.25, -0.2) is 0 Å². The van der Waals surface area contributed by atoms with Crippen LogP contribution in [0.1, 0.15) is 60.8 Å². The van der Waals surface area contributed by atoms with Crippen molar-refractivity contribution in [2.24, 2.45) is 0 Å². The molecule has 2 aromatic carbocycles. The van der Waals surface area contributed by atoms with Crippen LogP contribution >= 0.6 is 11.6 Å². The molecule has 2 heterocycles. The number of rotatable bonds is 8. The summed E-state index contributed by atoms with van der Waals surface area (Å²) in [5.74, 6) is 0.700. The summed E-state index contributed by atoms with van der Waals surface area (Å²) in [6.07, 6.45) is 13.3. The topological polar surface area (TPSA) is 8.17 Å². The van der Waals surface area contributed by atoms with E-state index in [9.17, 15) is 0 Å². The van der Waals surface area contributed by atoms with Gasteiger partial charge in [-0.15, -0.1) is 0 Å². The lowest BCUT2D eigenvalue weighted by Crippen LogP contribution is -2.32. The Hall–Kier alpha value is -2.29. The first-order chi connectivity index (χ1) is 16.0. The Morgan fingerprint density at radius 2 is 1.82 bits per heavy atom. The van der Waals surface area contributed by atoms with Gasteiger partial charge in [0.05, 0.1) is 0 Å². The number of hydrogen-bond acceptors (Lipinski definition) is 1. The van der Waals surface area contributed by atoms with Gasteiger partial charge in [0.25, 0.3) is 0 Å². The lowest BCUT2D eigenvalue weighted by molar-refractivity contribution is 0.205. The predicted molar refractivity (Wildman–Crippen MR) is 143 cm³/mol. The summed E-state index contributed by atoms with van der Waals surface area (Å²) in [7, 11) is 0. The number of piperidine rings is 1. The molecule has 0 unspecified atom stereocenters. The molecule has 1 fully saturated rings. The largest absolute Gasteiger partial charge is 0.343 e. The number of hydrogen-bond donors (Lipinski definition) is 0. The van der Waals surface area contributed by atoms with E-state index in [0.29, 0.717) is 5.92 Å². The van der Waals surface area contributed by atoms with E-state index in [0.717, 1.165) is 31.0 Å². The number of aromatic nitrogens is 1. The fourth-order valence-electron chi connectivity index (χ4n) is 5.02. The maximum atomic E-state index is 6.12. The Kier molecular flexibility index (Phi) is 8.11. The van der Waals surface area contributed by atoms with E-state index >= 15 is 0 Å². The maximum Gasteiger partial charge on any atom is 0.0489 e. The van der Waals surface area contributed by atoms with Gasteiger partial charge in [0.15, 0.2) is 0 Å². The summed E-state index contributed by atoms with van der Waals surface area (Å²) in [5.41, 5.74) is 7.00. The quantitative estimate of drug-likeness (QED) is 0.308. The number of likely N-dealkylation sites (tertiary alicyclic amines) is 1. The van der Waals surface area contributed by atoms with Crippen LogP contribution in [0.15, 0.2) is 71.9 Å². The average molecular weight is 461 g/mol. The van der Waals surface area contributed by atoms with Gasteiger partial charge in [-0.1, -0.05) is 71.8 Å². The second kappa shape index (κ2) is 11.2. The highest BCUT2D eigenvalue weighted by atomic mass is 35.5. The van der Waals surface area contributed by atoms with Crippen LogP contribution in [0.2, 0.25) is 0 Å². The van der Waals surface area contributed by atoms with Crippen LogP contribution in [0.5, 0.6) is 0 Å². The van der Waals surface area contributed by atoms with Crippen molar-refractivity contribution in [2.75, 3.05) is 13.1 Å². The van der Waals surface area contributed by atoms with Gasteiger partial charge in [0.1, 0.15) is 0 Å². The van der Waals surface area contributed by atoms with Gasteiger partial charge in [-0.3, -0.25) is 4.90 Å². The first-order valence-electron chi connectivity index (χ1n) is 12.4. The third kappa shape index (κ3) is 6.19. The predicted octanol–water partition coefficient (Wildman–Crippen LogP) is 8.12. The van der Waals surface area contributed by atoms with Gasteiger partial charge in [-0.05, 0) is 88.2 Å². The summed E-state index contributed by atoms with van der Waals surface area (Å²) in [4.78, 5) is 2.64. The normalized spacial score (nSPS) is 16.3. The summed E-state index contributed by atoms with van der Waals surface area (Å²) in [6.45, 7) is 10.7. The lowest BCUT2D eigenvalue weighted by Gasteiger charge is -2.32. The number of nitrogens with zero attached hydrogens (tertiary/aromatic N) is 2. The zero-order chi connectivity index (χ0) is 23.2. The lowest BCUT2D eigenvalue weighted by atomic mass is 9.88. The Bertz CT molecular complexity index is 1130. The van der Waals surface area contributed by atoms with Crippen molar-refractivity contribution >= 4 is 22.5 Å². The number of fused-ring (bicyclic) bond motifs is 1. The highest BCUT2D eigenvalue weighted by Crippen LogP contribution is 2.31. The zero-order valence-electron chi connectivity index (χ0n) is 20.4. The van der Waals surface area contributed by atoms with Gasteiger partial charge in [0, 0.05) is 35.2 Å². The van der Waals surface area contributed by atoms with Crippen molar-refractivity contribution in [3.05, 3.63) is 94.2 Å². The van der Waals surface area contributed by atoms with Crippen LogP contribution in [0.25, 0.3) is 10.9 Å². The van der Waals surface area contributed by atoms with Crippen molar-refractivity contribution in [3.63, 3.8) is 0 Å². The highest BCUT2D eigenvalue weighted by molar-refractivity contribution is 6.29. The average Bonchev–Trinajstić information content (AvgIpc) is 3.15. The zero-order valence-corrected chi connectivity index (χ0v) is 21.1. The SMILES string of the molecule is C/C=C(/Cl)CC/C=C\Cn1cc(CN2CCC(c3cccc(C)c3)CC2)c2ccc(C)cc21. The van der Waals surface area contributed by atoms with E-state index in [1.54, 1.807) is 0 Å². The highest BCUT2D eigenvalue weighted by Gasteiger charge is 2.21. The number of benzene rings is 2. The molecule has 1 aliphatic heterocycles. The molecular formula is C30H37ClN2. The minimum atomic E-state index is 0.700. The molecule has 1 aliphatic rings. The number of allylic oxidation sites excluding steroid dienone is 4. The molecule has 1 saturated heterocycles. The minimum Gasteiger partial charge on any atom is -0.343 e. The smallest absolute Gasteiger partial charge is 0.0489 e. The Morgan fingerprint density at radius 1 is 1.03 bits per heavy atom. The molecule has 0 N–H and O–H groups in total. The molecule has 33 heavy (non-hydrogen) atoms. The molecule has 174 valence electrons. The standard InChI is InChI=1S/C30H37ClN2/c1-4-28(31)11-6-5-7-16-33-22-27(29-13-12-24(3)20-30(29)33)21-32-17-14-25(15-18-32)26-10-8-9-23(2)19-26/h4-5,7-10,12-13,19-20,22,25H,6,11,14-18,21H2,1-3H3/b7-5-,28-4+. The van der Waals surface area contributed by atoms with Crippen LogP contribution < -0.4 is 0 Å². The van der Waals surface area contributed by atoms with Gasteiger partial charge < -0.3 is 4.57 Å². The van der Waals surface area contributed by atoms with Crippen molar-refractivity contribution in [1.82, 2.24) is 9.47 Å². The first kappa shape index (κ1) is 23.9. The Labute approximate surface area is 204 Å². The molecule has 4 rings (SSSR count). The van der Waals surface area contributed by atoms with E-state index in [-0.39, 0.29) is 0 Å². The van der Waals surface area contributed by atoms with Crippen LogP contribution in [-0.4, -0.2) is 22.6 Å². The molecule has 2 nitrogen and oxygen atoms in total. The van der Waals surface area contributed by atoms with Gasteiger partial charge >= 0.3 is 0 Å². The summed E-state index contributed by atoms with van der Waals surface area (Å²) < 4.78 is 2.41. The molecule has 0 spiro atoms. The molecule has 0 amide bonds. The molecule has 0 atom stereocenters. The minimum absolute atomic E-state index is 0.700. The van der Waals surface area contributed by atoms with E-state index in [1.165, 1.54) is 59.1 Å². The first-order valence-corrected chi connectivity index (χ1v) is 12.7. The van der Waals surface area contributed by atoms with E-state index in [2.05, 4.69) is 84.1 Å². The van der Waals surface area contributed by atoms with Crippen LogP contribution in [-0.2, 0) is 13.1 Å². The van der Waals surface area contributed by atoms with Gasteiger partial charge in [0.2, 0.25) is 0 Å². The number of aryl methyl sites for hydroxylation is 2. The van der Waals surface area contributed by atoms with E-state index < -0.39 is 0 Å². The van der Waals surface area contributed by atoms with E-state index in [4.69, 9.17) is 11.6 Å². The monoisotopic (exact) mass is 460 g/mol. The molecular weight excluding hydrogens is 424 g/mol. The third-order valence-corrected chi connectivity index (χ3v) is 7.35. The molecule has 1 aromatic heterocycles. The molecule has 0 radical (unpaired) electrons. The van der Waals surface area contributed by atoms with E-state index in [1.807, 2.05) is 13.0 Å². The fourth-order valence-corrected chi connectivity index (χ4v) is 5.13. The Balaban J connectivity index is 1.42. The van der Waals surface area contributed by atoms with Crippen molar-refractivity contribution < 1.29 is 0 Å². The van der Waals surface area contributed by atoms with Crippen LogP contribution in [0, 0.1) is 13.8 Å². The third-order valence-electron chi connectivity index (χ3n) is 6.95. The van der Waals surface area contributed by atoms with Gasteiger partial charge in [-0.2, -0.15) is 0 Å². The molecule has 3 heteroatoms. The maximum absolute atomic E-state index is 6.12.